The van der Waals surface area contributed by atoms with Crippen molar-refractivity contribution in [2.75, 3.05) is 17.7 Å². The van der Waals surface area contributed by atoms with Gasteiger partial charge >= 0.3 is 0 Å². The van der Waals surface area contributed by atoms with Crippen molar-refractivity contribution in [2.24, 2.45) is 11.8 Å². The SMILES string of the molecule is CNc1ncc(C)c(NC(C2CC2)C2CC2)n1. The lowest BCUT2D eigenvalue weighted by atomic mass is 10.1. The van der Waals surface area contributed by atoms with Gasteiger partial charge in [0.15, 0.2) is 0 Å². The molecule has 92 valence electrons. The maximum absolute atomic E-state index is 4.52. The van der Waals surface area contributed by atoms with E-state index in [2.05, 4.69) is 27.5 Å². The minimum atomic E-state index is 0.647. The van der Waals surface area contributed by atoms with Crippen LogP contribution in [0.4, 0.5) is 11.8 Å². The topological polar surface area (TPSA) is 49.8 Å². The van der Waals surface area contributed by atoms with E-state index in [0.717, 1.165) is 23.2 Å². The van der Waals surface area contributed by atoms with Crippen LogP contribution in [-0.4, -0.2) is 23.1 Å². The summed E-state index contributed by atoms with van der Waals surface area (Å²) in [5, 5.41) is 6.65. The number of aryl methyl sites for hydroxylation is 1. The zero-order valence-electron chi connectivity index (χ0n) is 10.5. The molecule has 1 aromatic rings. The first kappa shape index (κ1) is 10.8. The molecule has 2 N–H and O–H groups in total. The molecular formula is C13H20N4. The summed E-state index contributed by atoms with van der Waals surface area (Å²) in [6.45, 7) is 2.07. The second kappa shape index (κ2) is 4.17. The van der Waals surface area contributed by atoms with Gasteiger partial charge in [0.05, 0.1) is 0 Å². The Hall–Kier alpha value is -1.32. The van der Waals surface area contributed by atoms with Crippen LogP contribution in [0.3, 0.4) is 0 Å². The standard InChI is InChI=1S/C13H20N4/c1-8-7-15-13(14-2)17-12(8)16-11(9-3-4-9)10-5-6-10/h7,9-11H,3-6H2,1-2H3,(H2,14,15,16,17). The number of anilines is 2. The van der Waals surface area contributed by atoms with Crippen molar-refractivity contribution in [3.8, 4) is 0 Å². The molecule has 0 aromatic carbocycles. The average molecular weight is 232 g/mol. The Morgan fingerprint density at radius 2 is 1.88 bits per heavy atom. The van der Waals surface area contributed by atoms with Gasteiger partial charge in [0.25, 0.3) is 0 Å². The van der Waals surface area contributed by atoms with Gasteiger partial charge in [0, 0.05) is 24.8 Å². The summed E-state index contributed by atoms with van der Waals surface area (Å²) in [5.41, 5.74) is 1.13. The van der Waals surface area contributed by atoms with Gasteiger partial charge in [-0.25, -0.2) is 4.98 Å². The number of nitrogens with zero attached hydrogens (tertiary/aromatic N) is 2. The van der Waals surface area contributed by atoms with E-state index in [1.54, 1.807) is 0 Å². The lowest BCUT2D eigenvalue weighted by Gasteiger charge is -2.19. The van der Waals surface area contributed by atoms with Crippen LogP contribution in [0, 0.1) is 18.8 Å². The molecule has 17 heavy (non-hydrogen) atoms. The molecule has 1 aromatic heterocycles. The van der Waals surface area contributed by atoms with Gasteiger partial charge in [-0.15, -0.1) is 0 Å². The molecule has 0 radical (unpaired) electrons. The third-order valence-corrected chi connectivity index (χ3v) is 3.76. The van der Waals surface area contributed by atoms with E-state index in [1.165, 1.54) is 25.7 Å². The van der Waals surface area contributed by atoms with Crippen LogP contribution in [0.15, 0.2) is 6.20 Å². The molecular weight excluding hydrogens is 212 g/mol. The molecule has 4 nitrogen and oxygen atoms in total. The average Bonchev–Trinajstić information content (AvgIpc) is 3.19. The van der Waals surface area contributed by atoms with Crippen LogP contribution in [0.1, 0.15) is 31.2 Å². The molecule has 2 saturated carbocycles. The first-order valence-corrected chi connectivity index (χ1v) is 6.56. The molecule has 1 heterocycles. The van der Waals surface area contributed by atoms with E-state index in [0.29, 0.717) is 12.0 Å². The van der Waals surface area contributed by atoms with Crippen LogP contribution in [0.25, 0.3) is 0 Å². The number of aromatic nitrogens is 2. The predicted octanol–water partition coefficient (Wildman–Crippen LogP) is 2.43. The predicted molar refractivity (Wildman–Crippen MR) is 69.2 cm³/mol. The smallest absolute Gasteiger partial charge is 0.224 e. The number of nitrogens with one attached hydrogen (secondary N) is 2. The highest BCUT2D eigenvalue weighted by Gasteiger charge is 2.41. The van der Waals surface area contributed by atoms with Crippen molar-refractivity contribution in [1.82, 2.24) is 9.97 Å². The summed E-state index contributed by atoms with van der Waals surface area (Å²) in [4.78, 5) is 8.74. The van der Waals surface area contributed by atoms with E-state index in [-0.39, 0.29) is 0 Å². The number of hydrogen-bond donors (Lipinski definition) is 2. The van der Waals surface area contributed by atoms with Gasteiger partial charge in [0.2, 0.25) is 5.95 Å². The van der Waals surface area contributed by atoms with Gasteiger partial charge in [-0.3, -0.25) is 0 Å². The lowest BCUT2D eigenvalue weighted by molar-refractivity contribution is 0.565. The molecule has 2 fully saturated rings. The van der Waals surface area contributed by atoms with Crippen LogP contribution < -0.4 is 10.6 Å². The largest absolute Gasteiger partial charge is 0.366 e. The Kier molecular flexibility index (Phi) is 2.65. The molecule has 0 unspecified atom stereocenters. The third-order valence-electron chi connectivity index (χ3n) is 3.76. The van der Waals surface area contributed by atoms with E-state index < -0.39 is 0 Å². The molecule has 0 bridgehead atoms. The fourth-order valence-corrected chi connectivity index (χ4v) is 2.40. The highest BCUT2D eigenvalue weighted by Crippen LogP contribution is 2.45. The Morgan fingerprint density at radius 1 is 1.24 bits per heavy atom. The second-order valence-electron chi connectivity index (χ2n) is 5.32. The van der Waals surface area contributed by atoms with Crippen molar-refractivity contribution < 1.29 is 0 Å². The van der Waals surface area contributed by atoms with Crippen LogP contribution in [-0.2, 0) is 0 Å². The molecule has 0 atom stereocenters. The lowest BCUT2D eigenvalue weighted by Crippen LogP contribution is -2.25. The highest BCUT2D eigenvalue weighted by atomic mass is 15.1. The summed E-state index contributed by atoms with van der Waals surface area (Å²) in [6.07, 6.45) is 7.43. The molecule has 0 saturated heterocycles. The molecule has 0 spiro atoms. The molecule has 4 heteroatoms. The van der Waals surface area contributed by atoms with Crippen molar-refractivity contribution in [3.05, 3.63) is 11.8 Å². The summed E-state index contributed by atoms with van der Waals surface area (Å²) < 4.78 is 0. The van der Waals surface area contributed by atoms with Crippen LogP contribution in [0.5, 0.6) is 0 Å². The van der Waals surface area contributed by atoms with Gasteiger partial charge < -0.3 is 10.6 Å². The third kappa shape index (κ3) is 2.35. The molecule has 2 aliphatic rings. The first-order valence-electron chi connectivity index (χ1n) is 6.56. The fraction of sp³-hybridized carbons (Fsp3) is 0.692. The summed E-state index contributed by atoms with van der Waals surface area (Å²) in [6, 6.07) is 0.647. The molecule has 2 aliphatic carbocycles. The van der Waals surface area contributed by atoms with Crippen molar-refractivity contribution in [3.63, 3.8) is 0 Å². The molecule has 0 aliphatic heterocycles. The quantitative estimate of drug-likeness (QED) is 0.818. The van der Waals surface area contributed by atoms with Gasteiger partial charge in [-0.1, -0.05) is 0 Å². The Labute approximate surface area is 102 Å². The van der Waals surface area contributed by atoms with E-state index in [9.17, 15) is 0 Å². The monoisotopic (exact) mass is 232 g/mol. The second-order valence-corrected chi connectivity index (χ2v) is 5.32. The summed E-state index contributed by atoms with van der Waals surface area (Å²) >= 11 is 0. The van der Waals surface area contributed by atoms with Crippen molar-refractivity contribution in [1.29, 1.82) is 0 Å². The molecule has 0 amide bonds. The minimum absolute atomic E-state index is 0.647. The van der Waals surface area contributed by atoms with Crippen LogP contribution in [0.2, 0.25) is 0 Å². The van der Waals surface area contributed by atoms with Gasteiger partial charge in [-0.2, -0.15) is 4.98 Å². The highest BCUT2D eigenvalue weighted by molar-refractivity contribution is 5.47. The minimum Gasteiger partial charge on any atom is -0.366 e. The maximum Gasteiger partial charge on any atom is 0.224 e. The normalized spacial score (nSPS) is 19.5. The Balaban J connectivity index is 1.77. The first-order chi connectivity index (χ1) is 8.28. The zero-order chi connectivity index (χ0) is 11.8. The number of rotatable bonds is 5. The van der Waals surface area contributed by atoms with Crippen LogP contribution >= 0.6 is 0 Å². The molecule has 3 rings (SSSR count). The van der Waals surface area contributed by atoms with E-state index >= 15 is 0 Å². The van der Waals surface area contributed by atoms with Gasteiger partial charge in [-0.05, 0) is 44.4 Å². The fourth-order valence-electron chi connectivity index (χ4n) is 2.40. The van der Waals surface area contributed by atoms with Crippen molar-refractivity contribution >= 4 is 11.8 Å². The maximum atomic E-state index is 4.52. The van der Waals surface area contributed by atoms with E-state index in [1.807, 2.05) is 13.2 Å². The Morgan fingerprint density at radius 3 is 2.41 bits per heavy atom. The summed E-state index contributed by atoms with van der Waals surface area (Å²) in [7, 11) is 1.85. The van der Waals surface area contributed by atoms with Crippen molar-refractivity contribution in [2.45, 2.75) is 38.6 Å². The summed E-state index contributed by atoms with van der Waals surface area (Å²) in [5.74, 6) is 3.47. The number of hydrogen-bond acceptors (Lipinski definition) is 4. The Bertz CT molecular complexity index is 398. The zero-order valence-corrected chi connectivity index (χ0v) is 10.5. The van der Waals surface area contributed by atoms with E-state index in [4.69, 9.17) is 0 Å². The van der Waals surface area contributed by atoms with Gasteiger partial charge in [0.1, 0.15) is 5.82 Å².